The monoisotopic (exact) mass is 353 g/mol. The second-order valence-corrected chi connectivity index (χ2v) is 6.49. The van der Waals surface area contributed by atoms with E-state index in [1.165, 1.54) is 17.7 Å². The quantitative estimate of drug-likeness (QED) is 0.758. The Hall–Kier alpha value is -1.89. The summed E-state index contributed by atoms with van der Waals surface area (Å²) in [5, 5.41) is 4.08. The molecule has 0 atom stereocenters. The zero-order valence-electron chi connectivity index (χ0n) is 11.0. The minimum absolute atomic E-state index is 0.194. The maximum Gasteiger partial charge on any atom is 0.259 e. The number of nitrogens with zero attached hydrogens (tertiary/aromatic N) is 1. The van der Waals surface area contributed by atoms with Crippen LogP contribution in [0.15, 0.2) is 35.4 Å². The van der Waals surface area contributed by atoms with Gasteiger partial charge in [0.05, 0.1) is 18.3 Å². The van der Waals surface area contributed by atoms with Crippen LogP contribution in [0, 0.1) is 0 Å². The van der Waals surface area contributed by atoms with E-state index in [2.05, 4.69) is 15.3 Å². The van der Waals surface area contributed by atoms with Crippen molar-refractivity contribution in [1.82, 2.24) is 15.3 Å². The lowest BCUT2D eigenvalue weighted by Crippen LogP contribution is -2.22. The number of amides is 1. The number of aromatic nitrogens is 2. The Labute approximate surface area is 138 Å². The third-order valence-corrected chi connectivity index (χ3v) is 4.41. The van der Waals surface area contributed by atoms with Crippen molar-refractivity contribution in [2.24, 2.45) is 0 Å². The van der Waals surface area contributed by atoms with Crippen LogP contribution in [0.3, 0.4) is 0 Å². The van der Waals surface area contributed by atoms with Crippen molar-refractivity contribution in [3.8, 4) is 0 Å². The van der Waals surface area contributed by atoms with Gasteiger partial charge in [0.1, 0.15) is 4.83 Å². The molecule has 8 heteroatoms. The Kier molecular flexibility index (Phi) is 4.15. The summed E-state index contributed by atoms with van der Waals surface area (Å²) in [6.07, 6.45) is 1.36. The number of carbonyl (C=O) groups is 1. The number of thiophene rings is 1. The molecule has 2 heterocycles. The van der Waals surface area contributed by atoms with E-state index in [0.717, 1.165) is 4.88 Å². The first-order valence-electron chi connectivity index (χ1n) is 6.23. The summed E-state index contributed by atoms with van der Waals surface area (Å²) in [6, 6.07) is 6.36. The molecular formula is C14H9Cl2N3O2S. The van der Waals surface area contributed by atoms with E-state index in [1.54, 1.807) is 24.3 Å². The number of hydrogen-bond donors (Lipinski definition) is 2. The standard InChI is InChI=1S/C14H9Cl2N3O2S/c15-8-1-7(2-9(16)3-8)12(20)17-5-10-4-11-13(21)18-6-19-14(11)22-10/h1-4,6H,5H2,(H,17,20)(H,18,19,21). The summed E-state index contributed by atoms with van der Waals surface area (Å²) in [6.45, 7) is 0.295. The summed E-state index contributed by atoms with van der Waals surface area (Å²) in [5.74, 6) is -0.288. The summed E-state index contributed by atoms with van der Waals surface area (Å²) in [7, 11) is 0. The number of halogens is 2. The lowest BCUT2D eigenvalue weighted by molar-refractivity contribution is 0.0951. The van der Waals surface area contributed by atoms with Gasteiger partial charge in [0.15, 0.2) is 0 Å². The molecule has 1 aromatic carbocycles. The maximum absolute atomic E-state index is 12.1. The number of nitrogens with one attached hydrogen (secondary N) is 2. The average molecular weight is 354 g/mol. The van der Waals surface area contributed by atoms with Gasteiger partial charge in [-0.25, -0.2) is 4.98 Å². The minimum Gasteiger partial charge on any atom is -0.347 e. The van der Waals surface area contributed by atoms with E-state index in [9.17, 15) is 9.59 Å². The summed E-state index contributed by atoms with van der Waals surface area (Å²) >= 11 is 13.1. The molecule has 3 aromatic rings. The number of hydrogen-bond acceptors (Lipinski definition) is 4. The Morgan fingerprint density at radius 3 is 2.64 bits per heavy atom. The molecule has 0 saturated heterocycles. The van der Waals surface area contributed by atoms with E-state index in [1.807, 2.05) is 0 Å². The molecule has 2 N–H and O–H groups in total. The van der Waals surface area contributed by atoms with Gasteiger partial charge in [-0.1, -0.05) is 23.2 Å². The van der Waals surface area contributed by atoms with Crippen LogP contribution in [0.1, 0.15) is 15.2 Å². The van der Waals surface area contributed by atoms with E-state index in [0.29, 0.717) is 32.4 Å². The number of fused-ring (bicyclic) bond motifs is 1. The van der Waals surface area contributed by atoms with Crippen molar-refractivity contribution in [2.45, 2.75) is 6.54 Å². The topological polar surface area (TPSA) is 74.8 Å². The van der Waals surface area contributed by atoms with Gasteiger partial charge in [-0.3, -0.25) is 9.59 Å². The number of rotatable bonds is 3. The largest absolute Gasteiger partial charge is 0.347 e. The zero-order chi connectivity index (χ0) is 15.7. The molecule has 1 amide bonds. The molecule has 0 aliphatic heterocycles. The molecule has 0 radical (unpaired) electrons. The third-order valence-electron chi connectivity index (χ3n) is 2.93. The van der Waals surface area contributed by atoms with Crippen LogP contribution in [-0.4, -0.2) is 15.9 Å². The normalized spacial score (nSPS) is 10.8. The van der Waals surface area contributed by atoms with Crippen LogP contribution in [-0.2, 0) is 6.54 Å². The van der Waals surface area contributed by atoms with Crippen LogP contribution in [0.5, 0.6) is 0 Å². The molecule has 0 aliphatic rings. The summed E-state index contributed by atoms with van der Waals surface area (Å²) < 4.78 is 0. The Balaban J connectivity index is 1.77. The van der Waals surface area contributed by atoms with Crippen molar-refractivity contribution in [3.05, 3.63) is 61.4 Å². The molecule has 3 rings (SSSR count). The molecule has 0 fully saturated rings. The fraction of sp³-hybridized carbons (Fsp3) is 0.0714. The first-order valence-corrected chi connectivity index (χ1v) is 7.80. The highest BCUT2D eigenvalue weighted by atomic mass is 35.5. The molecule has 112 valence electrons. The molecule has 22 heavy (non-hydrogen) atoms. The van der Waals surface area contributed by atoms with Gasteiger partial charge in [0.2, 0.25) is 0 Å². The van der Waals surface area contributed by atoms with Gasteiger partial charge >= 0.3 is 0 Å². The minimum atomic E-state index is -0.288. The fourth-order valence-electron chi connectivity index (χ4n) is 1.96. The van der Waals surface area contributed by atoms with E-state index < -0.39 is 0 Å². The van der Waals surface area contributed by atoms with Crippen LogP contribution in [0.2, 0.25) is 10.0 Å². The Morgan fingerprint density at radius 1 is 1.23 bits per heavy atom. The van der Waals surface area contributed by atoms with Gasteiger partial charge in [0.25, 0.3) is 11.5 Å². The molecule has 0 saturated carbocycles. The average Bonchev–Trinajstić information content (AvgIpc) is 2.88. The molecule has 0 bridgehead atoms. The van der Waals surface area contributed by atoms with Crippen LogP contribution < -0.4 is 10.9 Å². The van der Waals surface area contributed by atoms with Crippen LogP contribution in [0.25, 0.3) is 10.2 Å². The Morgan fingerprint density at radius 2 is 1.95 bits per heavy atom. The smallest absolute Gasteiger partial charge is 0.259 e. The third kappa shape index (κ3) is 3.14. The summed E-state index contributed by atoms with van der Waals surface area (Å²) in [4.78, 5) is 31.8. The van der Waals surface area contributed by atoms with Crippen LogP contribution >= 0.6 is 34.5 Å². The molecular weight excluding hydrogens is 345 g/mol. The SMILES string of the molecule is O=C(NCc1cc2c(=O)[nH]cnc2s1)c1cc(Cl)cc(Cl)c1. The van der Waals surface area contributed by atoms with Gasteiger partial charge < -0.3 is 10.3 Å². The highest BCUT2D eigenvalue weighted by Gasteiger charge is 2.10. The highest BCUT2D eigenvalue weighted by Crippen LogP contribution is 2.21. The molecule has 0 unspecified atom stereocenters. The lowest BCUT2D eigenvalue weighted by atomic mass is 10.2. The predicted molar refractivity (Wildman–Crippen MR) is 87.9 cm³/mol. The van der Waals surface area contributed by atoms with Crippen molar-refractivity contribution < 1.29 is 4.79 Å². The fourth-order valence-corrected chi connectivity index (χ4v) is 3.42. The number of carbonyl (C=O) groups excluding carboxylic acids is 1. The van der Waals surface area contributed by atoms with Gasteiger partial charge in [-0.15, -0.1) is 11.3 Å². The second kappa shape index (κ2) is 6.08. The lowest BCUT2D eigenvalue weighted by Gasteiger charge is -2.04. The van der Waals surface area contributed by atoms with E-state index >= 15 is 0 Å². The number of benzene rings is 1. The molecule has 2 aromatic heterocycles. The number of aromatic amines is 1. The maximum atomic E-state index is 12.1. The molecule has 0 spiro atoms. The van der Waals surface area contributed by atoms with E-state index in [-0.39, 0.29) is 11.5 Å². The predicted octanol–water partition coefficient (Wildman–Crippen LogP) is 3.22. The van der Waals surface area contributed by atoms with Crippen LogP contribution in [0.4, 0.5) is 0 Å². The van der Waals surface area contributed by atoms with Gasteiger partial charge in [-0.2, -0.15) is 0 Å². The van der Waals surface area contributed by atoms with Gasteiger partial charge in [0, 0.05) is 20.5 Å². The zero-order valence-corrected chi connectivity index (χ0v) is 13.4. The molecule has 5 nitrogen and oxygen atoms in total. The first kappa shape index (κ1) is 15.0. The van der Waals surface area contributed by atoms with Crippen molar-refractivity contribution >= 4 is 50.7 Å². The van der Waals surface area contributed by atoms with Gasteiger partial charge in [-0.05, 0) is 24.3 Å². The number of H-pyrrole nitrogens is 1. The van der Waals surface area contributed by atoms with E-state index in [4.69, 9.17) is 23.2 Å². The van der Waals surface area contributed by atoms with Crippen molar-refractivity contribution in [3.63, 3.8) is 0 Å². The van der Waals surface area contributed by atoms with Crippen molar-refractivity contribution in [2.75, 3.05) is 0 Å². The highest BCUT2D eigenvalue weighted by molar-refractivity contribution is 7.18. The first-order chi connectivity index (χ1) is 10.5. The van der Waals surface area contributed by atoms with Crippen molar-refractivity contribution in [1.29, 1.82) is 0 Å². The molecule has 0 aliphatic carbocycles. The summed E-state index contributed by atoms with van der Waals surface area (Å²) in [5.41, 5.74) is 0.190. The second-order valence-electron chi connectivity index (χ2n) is 4.50. The Bertz CT molecular complexity index is 900.